The van der Waals surface area contributed by atoms with Gasteiger partial charge in [0.15, 0.2) is 5.75 Å². The smallest absolute Gasteiger partial charge is 0.360 e. The molecule has 126 valence electrons. The minimum Gasteiger partial charge on any atom is -0.503 e. The third-order valence-corrected chi connectivity index (χ3v) is 5.11. The van der Waals surface area contributed by atoms with Gasteiger partial charge in [-0.25, -0.2) is 4.79 Å². The Balaban J connectivity index is 2.04. The van der Waals surface area contributed by atoms with E-state index in [1.807, 2.05) is 12.1 Å². The van der Waals surface area contributed by atoms with Gasteiger partial charge in [-0.1, -0.05) is 40.9 Å². The summed E-state index contributed by atoms with van der Waals surface area (Å²) in [7, 11) is 0. The zero-order valence-corrected chi connectivity index (χ0v) is 14.5. The van der Waals surface area contributed by atoms with Crippen molar-refractivity contribution >= 4 is 21.9 Å². The zero-order valence-electron chi connectivity index (χ0n) is 12.9. The van der Waals surface area contributed by atoms with Gasteiger partial charge in [0.25, 0.3) is 5.43 Å². The van der Waals surface area contributed by atoms with Gasteiger partial charge in [-0.15, -0.1) is 0 Å². The van der Waals surface area contributed by atoms with Crippen LogP contribution >= 0.6 is 15.9 Å². The third-order valence-electron chi connectivity index (χ3n) is 4.61. The van der Waals surface area contributed by atoms with E-state index in [0.29, 0.717) is 6.54 Å². The Hall–Kier alpha value is -2.15. The normalized spacial score (nSPS) is 16.2. The molecule has 0 bridgehead atoms. The summed E-state index contributed by atoms with van der Waals surface area (Å²) in [5.41, 5.74) is -0.654. The first-order valence-electron chi connectivity index (χ1n) is 7.71. The van der Waals surface area contributed by atoms with Crippen molar-refractivity contribution in [3.8, 4) is 5.75 Å². The average Bonchev–Trinajstić information content (AvgIpc) is 3.00. The van der Waals surface area contributed by atoms with Crippen LogP contribution in [-0.2, 0) is 12.0 Å². The molecule has 1 saturated carbocycles. The van der Waals surface area contributed by atoms with Crippen LogP contribution < -0.4 is 5.43 Å². The van der Waals surface area contributed by atoms with Crippen LogP contribution in [0, 0.1) is 0 Å². The highest BCUT2D eigenvalue weighted by Gasteiger charge is 2.36. The Labute approximate surface area is 146 Å². The number of carbonyl (C=O) groups is 1. The lowest BCUT2D eigenvalue weighted by Gasteiger charge is -2.30. The summed E-state index contributed by atoms with van der Waals surface area (Å²) in [6.07, 6.45) is 5.25. The molecule has 1 heterocycles. The molecule has 6 nitrogen and oxygen atoms in total. The van der Waals surface area contributed by atoms with Crippen LogP contribution in [0.3, 0.4) is 0 Å². The molecule has 0 saturated heterocycles. The van der Waals surface area contributed by atoms with Crippen LogP contribution in [0.1, 0.15) is 41.7 Å². The van der Waals surface area contributed by atoms with E-state index in [4.69, 9.17) is 5.11 Å². The van der Waals surface area contributed by atoms with Crippen LogP contribution in [0.15, 0.2) is 39.7 Å². The molecule has 1 fully saturated rings. The Morgan fingerprint density at radius 3 is 2.67 bits per heavy atom. The summed E-state index contributed by atoms with van der Waals surface area (Å²) in [4.78, 5) is 22.8. The Bertz CT molecular complexity index is 841. The van der Waals surface area contributed by atoms with Crippen LogP contribution in [-0.4, -0.2) is 26.0 Å². The van der Waals surface area contributed by atoms with Gasteiger partial charge in [-0.05, 0) is 30.5 Å². The highest BCUT2D eigenvalue weighted by molar-refractivity contribution is 9.10. The molecule has 0 spiro atoms. The van der Waals surface area contributed by atoms with Gasteiger partial charge in [0.1, 0.15) is 0 Å². The zero-order chi connectivity index (χ0) is 17.3. The van der Waals surface area contributed by atoms with Gasteiger partial charge in [-0.2, -0.15) is 5.10 Å². The van der Waals surface area contributed by atoms with Crippen molar-refractivity contribution < 1.29 is 15.0 Å². The lowest BCUT2D eigenvalue weighted by molar-refractivity contribution is 0.0684. The van der Waals surface area contributed by atoms with Crippen molar-refractivity contribution in [2.45, 2.75) is 37.6 Å². The van der Waals surface area contributed by atoms with Crippen LogP contribution in [0.4, 0.5) is 0 Å². The van der Waals surface area contributed by atoms with Gasteiger partial charge in [-0.3, -0.25) is 9.48 Å². The number of benzene rings is 1. The second kappa shape index (κ2) is 6.39. The van der Waals surface area contributed by atoms with Crippen molar-refractivity contribution in [2.24, 2.45) is 0 Å². The Morgan fingerprint density at radius 1 is 1.33 bits per heavy atom. The number of halogens is 1. The number of nitrogens with zero attached hydrogens (tertiary/aromatic N) is 2. The summed E-state index contributed by atoms with van der Waals surface area (Å²) in [6.45, 7) is 0.414. The summed E-state index contributed by atoms with van der Waals surface area (Å²) in [6, 6.07) is 8.04. The average molecular weight is 393 g/mol. The lowest BCUT2D eigenvalue weighted by Crippen LogP contribution is -2.31. The maximum Gasteiger partial charge on any atom is 0.360 e. The first kappa shape index (κ1) is 16.7. The van der Waals surface area contributed by atoms with Crippen LogP contribution in [0.25, 0.3) is 0 Å². The molecular formula is C17H17BrN2O4. The van der Waals surface area contributed by atoms with Crippen molar-refractivity contribution in [3.63, 3.8) is 0 Å². The van der Waals surface area contributed by atoms with E-state index in [1.54, 1.807) is 0 Å². The van der Waals surface area contributed by atoms with E-state index in [-0.39, 0.29) is 5.41 Å². The number of aromatic carboxylic acids is 1. The second-order valence-electron chi connectivity index (χ2n) is 6.19. The number of aromatic nitrogens is 2. The first-order valence-corrected chi connectivity index (χ1v) is 8.51. The fourth-order valence-electron chi connectivity index (χ4n) is 3.46. The molecular weight excluding hydrogens is 376 g/mol. The highest BCUT2D eigenvalue weighted by atomic mass is 79.9. The Kier molecular flexibility index (Phi) is 4.45. The summed E-state index contributed by atoms with van der Waals surface area (Å²) < 4.78 is 2.36. The maximum atomic E-state index is 11.7. The van der Waals surface area contributed by atoms with E-state index < -0.39 is 22.8 Å². The maximum absolute atomic E-state index is 11.7. The minimum atomic E-state index is -1.44. The van der Waals surface area contributed by atoms with E-state index >= 15 is 0 Å². The van der Waals surface area contributed by atoms with E-state index in [1.165, 1.54) is 10.9 Å². The molecule has 0 amide bonds. The fraction of sp³-hybridized carbons (Fsp3) is 0.353. The van der Waals surface area contributed by atoms with Crippen molar-refractivity contribution in [1.82, 2.24) is 9.78 Å². The molecule has 0 unspecified atom stereocenters. The van der Waals surface area contributed by atoms with Gasteiger partial charge in [0, 0.05) is 9.89 Å². The monoisotopic (exact) mass is 392 g/mol. The number of hydrogen-bond acceptors (Lipinski definition) is 4. The lowest BCUT2D eigenvalue weighted by atomic mass is 9.79. The van der Waals surface area contributed by atoms with E-state index in [0.717, 1.165) is 35.7 Å². The molecule has 1 aliphatic carbocycles. The number of hydrogen-bond donors (Lipinski definition) is 2. The second-order valence-corrected chi connectivity index (χ2v) is 7.11. The molecule has 3 rings (SSSR count). The van der Waals surface area contributed by atoms with E-state index in [2.05, 4.69) is 33.2 Å². The number of carboxylic acid groups (broad SMARTS) is 1. The SMILES string of the molecule is O=C(O)c1nn(CC2(c3cccc(Br)c3)CCCC2)cc(O)c1=O. The standard InChI is InChI=1S/C17H17BrN2O4/c18-12-5-3-4-11(8-12)17(6-1-2-7-17)10-20-9-13(21)15(22)14(19-20)16(23)24/h3-5,8-9,21H,1-2,6-7,10H2,(H,23,24). The van der Waals surface area contributed by atoms with Crippen molar-refractivity contribution in [3.05, 3.63) is 56.4 Å². The van der Waals surface area contributed by atoms with Crippen LogP contribution in [0.2, 0.25) is 0 Å². The predicted molar refractivity (Wildman–Crippen MR) is 91.4 cm³/mol. The molecule has 2 aromatic rings. The fourth-order valence-corrected chi connectivity index (χ4v) is 3.86. The largest absolute Gasteiger partial charge is 0.503 e. The molecule has 7 heteroatoms. The molecule has 0 aliphatic heterocycles. The third kappa shape index (κ3) is 3.08. The van der Waals surface area contributed by atoms with Gasteiger partial charge < -0.3 is 10.2 Å². The number of rotatable bonds is 4. The molecule has 1 aliphatic rings. The van der Waals surface area contributed by atoms with Crippen molar-refractivity contribution in [1.29, 1.82) is 0 Å². The molecule has 1 aromatic heterocycles. The molecule has 1 aromatic carbocycles. The number of aromatic hydroxyl groups is 1. The van der Waals surface area contributed by atoms with Gasteiger partial charge in [0.2, 0.25) is 5.69 Å². The predicted octanol–water partition coefficient (Wildman–Crippen LogP) is 2.92. The molecule has 2 N–H and O–H groups in total. The minimum absolute atomic E-state index is 0.186. The topological polar surface area (TPSA) is 92.4 Å². The summed E-state index contributed by atoms with van der Waals surface area (Å²) in [5, 5.41) is 22.8. The molecule has 24 heavy (non-hydrogen) atoms. The van der Waals surface area contributed by atoms with Crippen molar-refractivity contribution in [2.75, 3.05) is 0 Å². The first-order chi connectivity index (χ1) is 11.4. The molecule has 0 atom stereocenters. The van der Waals surface area contributed by atoms with Crippen LogP contribution in [0.5, 0.6) is 5.75 Å². The number of carboxylic acids is 1. The summed E-state index contributed by atoms with van der Waals surface area (Å²) >= 11 is 3.49. The summed E-state index contributed by atoms with van der Waals surface area (Å²) in [5.74, 6) is -2.03. The van der Waals surface area contributed by atoms with E-state index in [9.17, 15) is 14.7 Å². The quantitative estimate of drug-likeness (QED) is 0.834. The molecule has 0 radical (unpaired) electrons. The van der Waals surface area contributed by atoms with Gasteiger partial charge >= 0.3 is 5.97 Å². The Morgan fingerprint density at radius 2 is 2.04 bits per heavy atom. The highest BCUT2D eigenvalue weighted by Crippen LogP contribution is 2.43. The van der Waals surface area contributed by atoms with Gasteiger partial charge in [0.05, 0.1) is 12.7 Å².